The Morgan fingerprint density at radius 3 is 3.00 bits per heavy atom. The molecule has 19 heavy (non-hydrogen) atoms. The lowest BCUT2D eigenvalue weighted by Crippen LogP contribution is -2.23. The number of hydrogen-bond acceptors (Lipinski definition) is 4. The molecule has 0 saturated carbocycles. The molecule has 1 atom stereocenters. The molecule has 0 spiro atoms. The Labute approximate surface area is 118 Å². The molecule has 0 amide bonds. The van der Waals surface area contributed by atoms with Gasteiger partial charge in [-0.1, -0.05) is 25.1 Å². The van der Waals surface area contributed by atoms with Gasteiger partial charge in [-0.3, -0.25) is 10.1 Å². The number of thioether (sulfide) groups is 1. The highest BCUT2D eigenvalue weighted by atomic mass is 32.2. The molecule has 0 aromatic heterocycles. The number of hydrogen-bond donors (Lipinski definition) is 1. The first kappa shape index (κ1) is 15.7. The summed E-state index contributed by atoms with van der Waals surface area (Å²) in [5.41, 5.74) is 1.13. The van der Waals surface area contributed by atoms with E-state index in [0.717, 1.165) is 30.0 Å². The summed E-state index contributed by atoms with van der Waals surface area (Å²) in [5.74, 6) is 1.97. The lowest BCUT2D eigenvalue weighted by Gasteiger charge is -2.17. The van der Waals surface area contributed by atoms with Gasteiger partial charge < -0.3 is 5.32 Å². The normalized spacial score (nSPS) is 12.1. The molecule has 0 saturated heterocycles. The highest BCUT2D eigenvalue weighted by Gasteiger charge is 2.12. The van der Waals surface area contributed by atoms with Crippen LogP contribution < -0.4 is 5.32 Å². The predicted octanol–water partition coefficient (Wildman–Crippen LogP) is 3.55. The first-order valence-corrected chi connectivity index (χ1v) is 7.50. The molecular formula is C14H20N2O2S. The maximum Gasteiger partial charge on any atom is 0.269 e. The van der Waals surface area contributed by atoms with Crippen LogP contribution in [0.15, 0.2) is 36.9 Å². The average molecular weight is 280 g/mol. The van der Waals surface area contributed by atoms with Gasteiger partial charge in [0.15, 0.2) is 0 Å². The van der Waals surface area contributed by atoms with E-state index >= 15 is 0 Å². The number of benzene rings is 1. The second-order valence-electron chi connectivity index (χ2n) is 4.13. The van der Waals surface area contributed by atoms with Gasteiger partial charge in [-0.15, -0.1) is 6.58 Å². The number of nitrogens with zero attached hydrogens (tertiary/aromatic N) is 1. The van der Waals surface area contributed by atoms with Crippen LogP contribution in [0.3, 0.4) is 0 Å². The van der Waals surface area contributed by atoms with Gasteiger partial charge in [0.25, 0.3) is 5.69 Å². The van der Waals surface area contributed by atoms with Crippen LogP contribution in [-0.4, -0.2) is 23.0 Å². The van der Waals surface area contributed by atoms with Crippen LogP contribution in [0.2, 0.25) is 0 Å². The van der Waals surface area contributed by atoms with E-state index in [2.05, 4.69) is 18.8 Å². The van der Waals surface area contributed by atoms with Crippen molar-refractivity contribution in [2.24, 2.45) is 0 Å². The standard InChI is InChI=1S/C14H20N2O2S/c1-3-9-19-10-8-15-14(4-2)12-6-5-7-13(11-12)16(17)18/h3,5-7,11,14-15H,1,4,8-10H2,2H3. The van der Waals surface area contributed by atoms with Crippen molar-refractivity contribution in [3.05, 3.63) is 52.6 Å². The van der Waals surface area contributed by atoms with Crippen LogP contribution in [0.1, 0.15) is 24.9 Å². The van der Waals surface area contributed by atoms with Crippen LogP contribution >= 0.6 is 11.8 Å². The van der Waals surface area contributed by atoms with Gasteiger partial charge in [-0.2, -0.15) is 11.8 Å². The second-order valence-corrected chi connectivity index (χ2v) is 5.28. The molecule has 0 aliphatic heterocycles. The quantitative estimate of drug-likeness (QED) is 0.325. The number of nitro benzene ring substituents is 1. The van der Waals surface area contributed by atoms with Gasteiger partial charge in [-0.25, -0.2) is 0 Å². The van der Waals surface area contributed by atoms with Crippen molar-refractivity contribution >= 4 is 17.4 Å². The summed E-state index contributed by atoms with van der Waals surface area (Å²) in [6, 6.07) is 7.02. The molecule has 1 aromatic carbocycles. The molecule has 0 aliphatic rings. The van der Waals surface area contributed by atoms with Gasteiger partial charge in [-0.05, 0) is 12.0 Å². The molecule has 0 aliphatic carbocycles. The van der Waals surface area contributed by atoms with E-state index in [9.17, 15) is 10.1 Å². The Hall–Kier alpha value is -1.33. The molecule has 104 valence electrons. The third-order valence-corrected chi connectivity index (χ3v) is 3.73. The molecular weight excluding hydrogens is 260 g/mol. The van der Waals surface area contributed by atoms with E-state index in [-0.39, 0.29) is 16.7 Å². The van der Waals surface area contributed by atoms with E-state index in [4.69, 9.17) is 0 Å². The minimum atomic E-state index is -0.351. The minimum Gasteiger partial charge on any atom is -0.309 e. The molecule has 0 bridgehead atoms. The number of nitrogens with one attached hydrogen (secondary N) is 1. The van der Waals surface area contributed by atoms with Crippen molar-refractivity contribution in [1.29, 1.82) is 0 Å². The Bertz CT molecular complexity index is 424. The Morgan fingerprint density at radius 1 is 1.58 bits per heavy atom. The minimum absolute atomic E-state index is 0.152. The fraction of sp³-hybridized carbons (Fsp3) is 0.429. The van der Waals surface area contributed by atoms with Gasteiger partial charge in [0.1, 0.15) is 0 Å². The summed E-state index contributed by atoms with van der Waals surface area (Å²) < 4.78 is 0. The summed E-state index contributed by atoms with van der Waals surface area (Å²) in [7, 11) is 0. The van der Waals surface area contributed by atoms with Crippen LogP contribution in [0, 0.1) is 10.1 Å². The molecule has 5 heteroatoms. The number of rotatable bonds is 9. The number of nitro groups is 1. The monoisotopic (exact) mass is 280 g/mol. The largest absolute Gasteiger partial charge is 0.309 e. The summed E-state index contributed by atoms with van der Waals surface area (Å²) in [4.78, 5) is 10.4. The first-order chi connectivity index (χ1) is 9.19. The van der Waals surface area contributed by atoms with Crippen LogP contribution in [0.25, 0.3) is 0 Å². The lowest BCUT2D eigenvalue weighted by atomic mass is 10.0. The molecule has 1 aromatic rings. The van der Waals surface area contributed by atoms with E-state index in [1.165, 1.54) is 6.07 Å². The zero-order valence-electron chi connectivity index (χ0n) is 11.2. The van der Waals surface area contributed by atoms with E-state index in [1.807, 2.05) is 23.9 Å². The zero-order chi connectivity index (χ0) is 14.1. The Kier molecular flexibility index (Phi) is 7.22. The average Bonchev–Trinajstić information content (AvgIpc) is 2.43. The van der Waals surface area contributed by atoms with Crippen molar-refractivity contribution < 1.29 is 4.92 Å². The summed E-state index contributed by atoms with van der Waals surface area (Å²) in [6.45, 7) is 6.64. The predicted molar refractivity (Wildman–Crippen MR) is 81.7 cm³/mol. The van der Waals surface area contributed by atoms with Gasteiger partial charge in [0.05, 0.1) is 4.92 Å². The Morgan fingerprint density at radius 2 is 2.37 bits per heavy atom. The van der Waals surface area contributed by atoms with Gasteiger partial charge in [0, 0.05) is 36.2 Å². The van der Waals surface area contributed by atoms with Crippen LogP contribution in [-0.2, 0) is 0 Å². The summed E-state index contributed by atoms with van der Waals surface area (Å²) >= 11 is 1.82. The molecule has 4 nitrogen and oxygen atoms in total. The fourth-order valence-corrected chi connectivity index (χ4v) is 2.42. The van der Waals surface area contributed by atoms with E-state index < -0.39 is 0 Å². The zero-order valence-corrected chi connectivity index (χ0v) is 12.0. The molecule has 0 fully saturated rings. The second kappa shape index (κ2) is 8.72. The summed E-state index contributed by atoms with van der Waals surface area (Å²) in [6.07, 6.45) is 2.80. The highest BCUT2D eigenvalue weighted by molar-refractivity contribution is 7.99. The first-order valence-electron chi connectivity index (χ1n) is 6.35. The lowest BCUT2D eigenvalue weighted by molar-refractivity contribution is -0.384. The van der Waals surface area contributed by atoms with E-state index in [1.54, 1.807) is 12.1 Å². The molecule has 0 radical (unpaired) electrons. The molecule has 1 N–H and O–H groups in total. The fourth-order valence-electron chi connectivity index (χ4n) is 1.82. The van der Waals surface area contributed by atoms with Crippen molar-refractivity contribution in [1.82, 2.24) is 5.32 Å². The maximum atomic E-state index is 10.8. The van der Waals surface area contributed by atoms with Gasteiger partial charge in [0.2, 0.25) is 0 Å². The van der Waals surface area contributed by atoms with Crippen LogP contribution in [0.5, 0.6) is 0 Å². The third kappa shape index (κ3) is 5.44. The van der Waals surface area contributed by atoms with Crippen molar-refractivity contribution in [3.8, 4) is 0 Å². The Balaban J connectivity index is 2.56. The van der Waals surface area contributed by atoms with Crippen molar-refractivity contribution in [2.75, 3.05) is 18.1 Å². The maximum absolute atomic E-state index is 10.8. The molecule has 1 rings (SSSR count). The van der Waals surface area contributed by atoms with Crippen LogP contribution in [0.4, 0.5) is 5.69 Å². The highest BCUT2D eigenvalue weighted by Crippen LogP contribution is 2.21. The van der Waals surface area contributed by atoms with E-state index in [0.29, 0.717) is 0 Å². The SMILES string of the molecule is C=CCSCCNC(CC)c1cccc([N+](=O)[O-])c1. The van der Waals surface area contributed by atoms with Crippen molar-refractivity contribution in [2.45, 2.75) is 19.4 Å². The number of non-ortho nitro benzene ring substituents is 1. The smallest absolute Gasteiger partial charge is 0.269 e. The summed E-state index contributed by atoms with van der Waals surface area (Å²) in [5, 5.41) is 14.2. The third-order valence-electron chi connectivity index (χ3n) is 2.76. The molecule has 0 heterocycles. The van der Waals surface area contributed by atoms with Crippen molar-refractivity contribution in [3.63, 3.8) is 0 Å². The topological polar surface area (TPSA) is 55.2 Å². The van der Waals surface area contributed by atoms with Gasteiger partial charge >= 0.3 is 0 Å². The molecule has 1 unspecified atom stereocenters.